The summed E-state index contributed by atoms with van der Waals surface area (Å²) in [7, 11) is -3.84. The lowest BCUT2D eigenvalue weighted by Crippen LogP contribution is -2.52. The van der Waals surface area contributed by atoms with Crippen LogP contribution in [0.3, 0.4) is 0 Å². The Hall–Kier alpha value is -2.19. The van der Waals surface area contributed by atoms with Crippen LogP contribution in [0.25, 0.3) is 0 Å². The van der Waals surface area contributed by atoms with Gasteiger partial charge >= 0.3 is 5.97 Å². The molecule has 7 atom stereocenters. The number of hydrogen-bond acceptors (Lipinski definition) is 5. The fourth-order valence-electron chi connectivity index (χ4n) is 9.33. The molecule has 6 rings (SSSR count). The third-order valence-corrected chi connectivity index (χ3v) is 12.3. The molecule has 8 heteroatoms. The summed E-state index contributed by atoms with van der Waals surface area (Å²) in [5.41, 5.74) is 2.41. The van der Waals surface area contributed by atoms with E-state index < -0.39 is 16.1 Å². The molecule has 0 aromatic heterocycles. The van der Waals surface area contributed by atoms with Crippen molar-refractivity contribution in [1.82, 2.24) is 4.90 Å². The van der Waals surface area contributed by atoms with Gasteiger partial charge in [-0.25, -0.2) is 18.4 Å². The molecule has 3 saturated carbocycles. The second kappa shape index (κ2) is 9.72. The van der Waals surface area contributed by atoms with E-state index in [2.05, 4.69) is 19.9 Å². The minimum atomic E-state index is -3.84. The quantitative estimate of drug-likeness (QED) is 0.407. The predicted molar refractivity (Wildman–Crippen MR) is 148 cm³/mol. The van der Waals surface area contributed by atoms with Crippen LogP contribution in [0.1, 0.15) is 94.8 Å². The fraction of sp³-hybridized carbons (Fsp3) is 0.677. The number of nitrogens with zero attached hydrogens (tertiary/aromatic N) is 1. The zero-order chi connectivity index (χ0) is 27.6. The van der Waals surface area contributed by atoms with E-state index in [1.807, 2.05) is 0 Å². The molecule has 4 fully saturated rings. The summed E-state index contributed by atoms with van der Waals surface area (Å²) in [5.74, 6) is 1.47. The van der Waals surface area contributed by atoms with Gasteiger partial charge in [-0.15, -0.1) is 0 Å². The Morgan fingerprint density at radius 3 is 2.49 bits per heavy atom. The van der Waals surface area contributed by atoms with Gasteiger partial charge in [0.25, 0.3) is 5.91 Å². The third kappa shape index (κ3) is 4.46. The molecule has 1 amide bonds. The lowest BCUT2D eigenvalue weighted by atomic mass is 9.47. The van der Waals surface area contributed by atoms with Gasteiger partial charge in [-0.05, 0) is 118 Å². The number of rotatable bonds is 4. The molecule has 7 nitrogen and oxygen atoms in total. The van der Waals surface area contributed by atoms with E-state index in [0.717, 1.165) is 31.6 Å². The Labute approximate surface area is 232 Å². The number of benzene rings is 1. The van der Waals surface area contributed by atoms with E-state index in [9.17, 15) is 18.0 Å². The van der Waals surface area contributed by atoms with E-state index >= 15 is 0 Å². The summed E-state index contributed by atoms with van der Waals surface area (Å²) >= 11 is 0. The number of amides is 1. The SMILES string of the molecule is C[C@]12CCCC=C1CCC1C2CC[C@@]2(C)C1CC[C@@H]2OC(=O)[C@@H]1CCCN1C(=O)c1ccc(S(N)(=O)=O)cc1. The third-order valence-electron chi connectivity index (χ3n) is 11.4. The minimum Gasteiger partial charge on any atom is -0.460 e. The van der Waals surface area contributed by atoms with Crippen LogP contribution < -0.4 is 5.14 Å². The van der Waals surface area contributed by atoms with Crippen LogP contribution in [0.5, 0.6) is 0 Å². The Morgan fingerprint density at radius 1 is 0.974 bits per heavy atom. The summed E-state index contributed by atoms with van der Waals surface area (Å²) in [5, 5.41) is 5.19. The van der Waals surface area contributed by atoms with Gasteiger partial charge in [-0.2, -0.15) is 0 Å². The summed E-state index contributed by atoms with van der Waals surface area (Å²) in [4.78, 5) is 28.4. The largest absolute Gasteiger partial charge is 0.460 e. The van der Waals surface area contributed by atoms with Crippen LogP contribution >= 0.6 is 0 Å². The first-order valence-electron chi connectivity index (χ1n) is 14.9. The van der Waals surface area contributed by atoms with Crippen LogP contribution in [0.4, 0.5) is 0 Å². The van der Waals surface area contributed by atoms with Crippen molar-refractivity contribution in [2.45, 2.75) is 102 Å². The monoisotopic (exact) mass is 554 g/mol. The van der Waals surface area contributed by atoms with Crippen LogP contribution in [-0.4, -0.2) is 43.9 Å². The summed E-state index contributed by atoms with van der Waals surface area (Å²) in [6, 6.07) is 4.99. The molecule has 1 saturated heterocycles. The molecule has 1 aromatic rings. The van der Waals surface area contributed by atoms with Crippen LogP contribution in [0.15, 0.2) is 40.8 Å². The van der Waals surface area contributed by atoms with Gasteiger partial charge in [0.15, 0.2) is 0 Å². The molecule has 1 aromatic carbocycles. The highest BCUT2D eigenvalue weighted by atomic mass is 32.2. The fourth-order valence-corrected chi connectivity index (χ4v) is 9.84. The lowest BCUT2D eigenvalue weighted by molar-refractivity contribution is -0.164. The van der Waals surface area contributed by atoms with Gasteiger partial charge in [0.2, 0.25) is 10.0 Å². The standard InChI is InChI=1S/C31H42N2O5S/c1-30-17-4-3-6-21(30)10-13-23-24-14-15-27(31(24,2)18-16-25(23)30)38-29(35)26-7-5-19-33(26)28(34)20-8-11-22(12-9-20)39(32,36)37/h6,8-9,11-12,23-27H,3-5,7,10,13-19H2,1-2H3,(H2,32,36,37)/t23?,24?,25?,26-,27-,30-,31-/m0/s1. The van der Waals surface area contributed by atoms with Crippen molar-refractivity contribution in [3.8, 4) is 0 Å². The topological polar surface area (TPSA) is 107 Å². The van der Waals surface area contributed by atoms with E-state index in [1.54, 1.807) is 10.5 Å². The summed E-state index contributed by atoms with van der Waals surface area (Å²) in [6.45, 7) is 5.37. The van der Waals surface area contributed by atoms with E-state index in [1.165, 1.54) is 62.8 Å². The smallest absolute Gasteiger partial charge is 0.329 e. The summed E-state index contributed by atoms with van der Waals surface area (Å²) in [6.07, 6.45) is 14.5. The van der Waals surface area contributed by atoms with Gasteiger partial charge in [0, 0.05) is 17.5 Å². The Kier molecular flexibility index (Phi) is 6.73. The van der Waals surface area contributed by atoms with E-state index in [-0.39, 0.29) is 28.3 Å². The van der Waals surface area contributed by atoms with Crippen molar-refractivity contribution in [3.05, 3.63) is 41.5 Å². The first-order chi connectivity index (χ1) is 18.5. The number of esters is 1. The number of likely N-dealkylation sites (tertiary alicyclic amines) is 1. The zero-order valence-electron chi connectivity index (χ0n) is 23.2. The lowest BCUT2D eigenvalue weighted by Gasteiger charge is -2.58. The summed E-state index contributed by atoms with van der Waals surface area (Å²) < 4.78 is 29.5. The molecule has 0 radical (unpaired) electrons. The molecule has 1 aliphatic heterocycles. The highest BCUT2D eigenvalue weighted by molar-refractivity contribution is 7.89. The number of allylic oxidation sites excluding steroid dienone is 2. The van der Waals surface area contributed by atoms with Crippen molar-refractivity contribution in [3.63, 3.8) is 0 Å². The van der Waals surface area contributed by atoms with Crippen LogP contribution in [0.2, 0.25) is 0 Å². The van der Waals surface area contributed by atoms with Gasteiger partial charge in [-0.1, -0.05) is 25.5 Å². The first kappa shape index (κ1) is 27.0. The number of fused-ring (bicyclic) bond motifs is 5. The van der Waals surface area contributed by atoms with Gasteiger partial charge in [-0.3, -0.25) is 4.79 Å². The average molecular weight is 555 g/mol. The Balaban J connectivity index is 1.14. The zero-order valence-corrected chi connectivity index (χ0v) is 24.0. The number of primary sulfonamides is 1. The van der Waals surface area contributed by atoms with Gasteiger partial charge < -0.3 is 9.64 Å². The maximum absolute atomic E-state index is 13.6. The minimum absolute atomic E-state index is 0.0000600. The maximum Gasteiger partial charge on any atom is 0.329 e. The molecular formula is C31H42N2O5S. The molecular weight excluding hydrogens is 512 g/mol. The molecule has 3 unspecified atom stereocenters. The van der Waals surface area contributed by atoms with Crippen molar-refractivity contribution < 1.29 is 22.7 Å². The number of carbonyl (C=O) groups is 2. The number of sulfonamides is 1. The Bertz CT molecular complexity index is 1290. The molecule has 4 aliphatic carbocycles. The second-order valence-electron chi connectivity index (χ2n) is 13.2. The highest BCUT2D eigenvalue weighted by Gasteiger charge is 2.60. The van der Waals surface area contributed by atoms with Crippen molar-refractivity contribution in [2.75, 3.05) is 6.54 Å². The van der Waals surface area contributed by atoms with Crippen molar-refractivity contribution in [2.24, 2.45) is 33.7 Å². The molecule has 39 heavy (non-hydrogen) atoms. The molecule has 2 N–H and O–H groups in total. The van der Waals surface area contributed by atoms with Gasteiger partial charge in [0.1, 0.15) is 12.1 Å². The number of nitrogens with two attached hydrogens (primary N) is 1. The van der Waals surface area contributed by atoms with E-state index in [4.69, 9.17) is 9.88 Å². The van der Waals surface area contributed by atoms with Crippen molar-refractivity contribution in [1.29, 1.82) is 0 Å². The maximum atomic E-state index is 13.6. The number of hydrogen-bond donors (Lipinski definition) is 1. The highest BCUT2D eigenvalue weighted by Crippen LogP contribution is 2.65. The van der Waals surface area contributed by atoms with Crippen LogP contribution in [0, 0.1) is 28.6 Å². The molecule has 212 valence electrons. The van der Waals surface area contributed by atoms with Crippen LogP contribution in [-0.2, 0) is 19.6 Å². The molecule has 0 bridgehead atoms. The molecule has 5 aliphatic rings. The normalized spacial score (nSPS) is 37.9. The Morgan fingerprint density at radius 2 is 1.74 bits per heavy atom. The number of ether oxygens (including phenoxy) is 1. The molecule has 0 spiro atoms. The average Bonchev–Trinajstić information content (AvgIpc) is 3.52. The van der Waals surface area contributed by atoms with Gasteiger partial charge in [0.05, 0.1) is 4.90 Å². The predicted octanol–water partition coefficient (Wildman–Crippen LogP) is 5.20. The van der Waals surface area contributed by atoms with E-state index in [0.29, 0.717) is 35.8 Å². The van der Waals surface area contributed by atoms with Crippen molar-refractivity contribution >= 4 is 21.9 Å². The second-order valence-corrected chi connectivity index (χ2v) is 14.8. The first-order valence-corrected chi connectivity index (χ1v) is 16.4. The molecule has 1 heterocycles. The number of carbonyl (C=O) groups excluding carboxylic acids is 2.